The van der Waals surface area contributed by atoms with E-state index >= 15 is 0 Å². The Bertz CT molecular complexity index is 3080. The third kappa shape index (κ3) is 5.49. The summed E-state index contributed by atoms with van der Waals surface area (Å²) in [5.41, 5.74) is 15.1. The Hall–Kier alpha value is -6.84. The molecule has 294 valence electrons. The smallest absolute Gasteiger partial charge is 0.136 e. The molecule has 3 heteroatoms. The summed E-state index contributed by atoms with van der Waals surface area (Å²) in [6.45, 7) is 0. The van der Waals surface area contributed by atoms with Crippen LogP contribution in [0.1, 0.15) is 43.2 Å². The van der Waals surface area contributed by atoms with E-state index < -0.39 is 0 Å². The third-order valence-electron chi connectivity index (χ3n) is 14.9. The molecule has 3 nitrogen and oxygen atoms in total. The topological polar surface area (TPSA) is 25.6 Å². The van der Waals surface area contributed by atoms with Gasteiger partial charge in [-0.1, -0.05) is 121 Å². The maximum Gasteiger partial charge on any atom is 0.136 e. The fourth-order valence-corrected chi connectivity index (χ4v) is 12.5. The fraction of sp³-hybridized carbons (Fsp3) is 0.172. The van der Waals surface area contributed by atoms with E-state index in [1.165, 1.54) is 65.5 Å². The quantitative estimate of drug-likeness (QED) is 0.168. The van der Waals surface area contributed by atoms with E-state index in [-0.39, 0.29) is 5.41 Å². The molecular weight excluding hydrogens is 743 g/mol. The number of benzene rings is 8. The van der Waals surface area contributed by atoms with Gasteiger partial charge in [0.05, 0.1) is 0 Å². The molecule has 1 aliphatic heterocycles. The van der Waals surface area contributed by atoms with Crippen LogP contribution in [0.25, 0.3) is 55.3 Å². The second-order valence-electron chi connectivity index (χ2n) is 18.1. The van der Waals surface area contributed by atoms with Crippen molar-refractivity contribution in [3.05, 3.63) is 199 Å². The molecule has 4 bridgehead atoms. The Morgan fingerprint density at radius 1 is 0.377 bits per heavy atom. The van der Waals surface area contributed by atoms with Gasteiger partial charge in [-0.3, -0.25) is 0 Å². The highest BCUT2D eigenvalue weighted by atomic mass is 16.5. The van der Waals surface area contributed by atoms with Crippen LogP contribution in [-0.2, 0) is 5.41 Å². The lowest BCUT2D eigenvalue weighted by Crippen LogP contribution is -2.57. The number of nitrogens with zero attached hydrogens (tertiary/aromatic N) is 1. The number of hydrogen-bond donors (Lipinski definition) is 0. The highest BCUT2D eigenvalue weighted by Gasteiger charge is 2.61. The summed E-state index contributed by atoms with van der Waals surface area (Å²) < 4.78 is 13.1. The summed E-state index contributed by atoms with van der Waals surface area (Å²) in [7, 11) is 0. The molecule has 61 heavy (non-hydrogen) atoms. The second-order valence-corrected chi connectivity index (χ2v) is 18.1. The molecule has 2 heterocycles. The molecule has 0 saturated heterocycles. The SMILES string of the molecule is c1ccc(-c2ccc(-c3ccc(N(c4ccc(-c5ccc6c(c5)oc5ccccc56)cc4)c4ccc5c(c4)C4(c6ccccc6O5)C5CC6CC(C5)CC4C6)cc3)cc2)cc1. The van der Waals surface area contributed by atoms with Gasteiger partial charge >= 0.3 is 0 Å². The van der Waals surface area contributed by atoms with Crippen molar-refractivity contribution in [3.63, 3.8) is 0 Å². The molecule has 0 atom stereocenters. The summed E-state index contributed by atoms with van der Waals surface area (Å²) in [4.78, 5) is 2.44. The minimum Gasteiger partial charge on any atom is -0.457 e. The van der Waals surface area contributed by atoms with Crippen LogP contribution < -0.4 is 9.64 Å². The molecule has 4 fully saturated rings. The van der Waals surface area contributed by atoms with Crippen molar-refractivity contribution in [1.82, 2.24) is 0 Å². The van der Waals surface area contributed by atoms with Crippen molar-refractivity contribution >= 4 is 39.0 Å². The maximum absolute atomic E-state index is 6.84. The largest absolute Gasteiger partial charge is 0.457 e. The number of hydrogen-bond acceptors (Lipinski definition) is 3. The van der Waals surface area contributed by atoms with Crippen LogP contribution in [0.5, 0.6) is 11.5 Å². The number of rotatable bonds is 6. The van der Waals surface area contributed by atoms with Crippen molar-refractivity contribution in [1.29, 1.82) is 0 Å². The molecule has 0 N–H and O–H groups in total. The van der Waals surface area contributed by atoms with E-state index in [9.17, 15) is 0 Å². The first-order valence-electron chi connectivity index (χ1n) is 22.2. The van der Waals surface area contributed by atoms with Crippen molar-refractivity contribution in [3.8, 4) is 44.9 Å². The highest BCUT2D eigenvalue weighted by molar-refractivity contribution is 6.05. The van der Waals surface area contributed by atoms with E-state index in [0.717, 1.165) is 73.5 Å². The van der Waals surface area contributed by atoms with Gasteiger partial charge < -0.3 is 14.1 Å². The van der Waals surface area contributed by atoms with Crippen molar-refractivity contribution in [2.75, 3.05) is 4.90 Å². The molecule has 0 amide bonds. The molecule has 0 radical (unpaired) electrons. The van der Waals surface area contributed by atoms with Gasteiger partial charge in [-0.2, -0.15) is 0 Å². The van der Waals surface area contributed by atoms with Crippen LogP contribution in [0.2, 0.25) is 0 Å². The van der Waals surface area contributed by atoms with Crippen LogP contribution in [0.3, 0.4) is 0 Å². The first kappa shape index (κ1) is 35.0. The van der Waals surface area contributed by atoms with Crippen LogP contribution in [0.4, 0.5) is 17.1 Å². The van der Waals surface area contributed by atoms with E-state index in [4.69, 9.17) is 9.15 Å². The molecule has 0 unspecified atom stereocenters. The monoisotopic (exact) mass is 787 g/mol. The summed E-state index contributed by atoms with van der Waals surface area (Å²) in [5.74, 6) is 5.08. The predicted molar refractivity (Wildman–Crippen MR) is 249 cm³/mol. The van der Waals surface area contributed by atoms with Crippen LogP contribution >= 0.6 is 0 Å². The van der Waals surface area contributed by atoms with Gasteiger partial charge in [-0.15, -0.1) is 0 Å². The highest BCUT2D eigenvalue weighted by Crippen LogP contribution is 2.69. The number of furan rings is 1. The molecular formula is C58H45NO2. The first-order chi connectivity index (χ1) is 30.2. The van der Waals surface area contributed by atoms with Crippen LogP contribution in [-0.4, -0.2) is 0 Å². The van der Waals surface area contributed by atoms with Gasteiger partial charge in [0, 0.05) is 44.4 Å². The lowest BCUT2D eigenvalue weighted by molar-refractivity contribution is -0.0452. The Balaban J connectivity index is 0.917. The molecule has 8 aromatic carbocycles. The molecule has 4 aliphatic carbocycles. The van der Waals surface area contributed by atoms with Gasteiger partial charge in [0.15, 0.2) is 0 Å². The minimum absolute atomic E-state index is 0.0335. The normalized spacial score (nSPS) is 22.0. The van der Waals surface area contributed by atoms with Crippen molar-refractivity contribution in [2.45, 2.75) is 37.5 Å². The summed E-state index contributed by atoms with van der Waals surface area (Å²) in [6.07, 6.45) is 6.72. The maximum atomic E-state index is 6.84. The zero-order valence-electron chi connectivity index (χ0n) is 34.0. The van der Waals surface area contributed by atoms with Crippen LogP contribution in [0, 0.1) is 23.7 Å². The molecule has 1 aromatic heterocycles. The Morgan fingerprint density at radius 2 is 0.885 bits per heavy atom. The molecule has 1 spiro atoms. The average Bonchev–Trinajstić information content (AvgIpc) is 3.69. The van der Waals surface area contributed by atoms with E-state index in [1.54, 1.807) is 0 Å². The van der Waals surface area contributed by atoms with Gasteiger partial charge in [0.2, 0.25) is 0 Å². The third-order valence-corrected chi connectivity index (χ3v) is 14.9. The fourth-order valence-electron chi connectivity index (χ4n) is 12.5. The number of para-hydroxylation sites is 2. The first-order valence-corrected chi connectivity index (χ1v) is 22.2. The molecule has 14 rings (SSSR count). The lowest BCUT2D eigenvalue weighted by Gasteiger charge is -2.63. The van der Waals surface area contributed by atoms with Gasteiger partial charge in [0.25, 0.3) is 0 Å². The van der Waals surface area contributed by atoms with E-state index in [2.05, 4.69) is 181 Å². The van der Waals surface area contributed by atoms with Gasteiger partial charge in [-0.25, -0.2) is 0 Å². The Kier molecular flexibility index (Phi) is 7.79. The number of anilines is 3. The number of fused-ring (bicyclic) bond motifs is 5. The van der Waals surface area contributed by atoms with Crippen molar-refractivity contribution < 1.29 is 9.15 Å². The lowest BCUT2D eigenvalue weighted by atomic mass is 9.42. The number of ether oxygens (including phenoxy) is 1. The zero-order chi connectivity index (χ0) is 40.1. The second kappa shape index (κ2) is 13.6. The van der Waals surface area contributed by atoms with E-state index in [1.807, 2.05) is 12.1 Å². The Labute approximate surface area is 356 Å². The summed E-state index contributed by atoms with van der Waals surface area (Å²) >= 11 is 0. The van der Waals surface area contributed by atoms with Crippen molar-refractivity contribution in [2.24, 2.45) is 23.7 Å². The molecule has 9 aromatic rings. The summed E-state index contributed by atoms with van der Waals surface area (Å²) in [6, 6.07) is 68.6. The van der Waals surface area contributed by atoms with Gasteiger partial charge in [0.1, 0.15) is 22.7 Å². The molecule has 5 aliphatic rings. The predicted octanol–water partition coefficient (Wildman–Crippen LogP) is 15.9. The molecule has 4 saturated carbocycles. The van der Waals surface area contributed by atoms with E-state index in [0.29, 0.717) is 11.8 Å². The Morgan fingerprint density at radius 3 is 1.57 bits per heavy atom. The summed E-state index contributed by atoms with van der Waals surface area (Å²) in [5, 5.41) is 2.30. The average molecular weight is 788 g/mol. The zero-order valence-corrected chi connectivity index (χ0v) is 34.0. The standard InChI is InChI=1S/C58H45NO2/c1-2-8-39(9-3-1)40-14-16-41(17-15-40)42-18-23-47(24-19-42)59(48-25-20-43(21-26-48)44-22-28-51-50-10-4-6-12-54(50)60-57(51)35-44)49-27-29-56-53(36-49)58(52-11-5-7-13-55(52)61-56)45-31-37-30-38(33-45)34-46(58)32-37/h1-29,35-38,45-46H,30-34H2. The van der Waals surface area contributed by atoms with Crippen LogP contribution in [0.15, 0.2) is 192 Å². The minimum atomic E-state index is -0.0335. The van der Waals surface area contributed by atoms with Gasteiger partial charge in [-0.05, 0) is 156 Å².